The third-order valence-electron chi connectivity index (χ3n) is 5.08. The Balaban J connectivity index is 0.00000272. The van der Waals surface area contributed by atoms with Crippen molar-refractivity contribution in [2.24, 2.45) is 0 Å². The van der Waals surface area contributed by atoms with E-state index in [0.717, 1.165) is 5.56 Å². The molecule has 0 spiro atoms. The van der Waals surface area contributed by atoms with Crippen LogP contribution in [0.15, 0.2) is 78.9 Å². The molecule has 4 rings (SSSR count). The Labute approximate surface area is 196 Å². The van der Waals surface area contributed by atoms with E-state index in [-0.39, 0.29) is 38.0 Å². The van der Waals surface area contributed by atoms with E-state index >= 15 is 0 Å². The molecule has 0 amide bonds. The molecule has 0 aliphatic carbocycles. The summed E-state index contributed by atoms with van der Waals surface area (Å²) in [6.07, 6.45) is 0. The van der Waals surface area contributed by atoms with Gasteiger partial charge in [0.1, 0.15) is 11.5 Å². The number of pyridine rings is 2. The molecule has 0 unspecified atom stereocenters. The molecule has 2 aromatic heterocycles. The number of nitrogens with zero attached hydrogens (tertiary/aromatic N) is 2. The molecule has 2 heterocycles. The Morgan fingerprint density at radius 3 is 1.68 bits per heavy atom. The molecule has 0 bridgehead atoms. The smallest absolute Gasteiger partial charge is 0.124 e. The Bertz CT molecular complexity index is 1220. The zero-order valence-electron chi connectivity index (χ0n) is 17.6. The molecule has 31 heavy (non-hydrogen) atoms. The molecular formula is C26H24N2O2Pt. The SMILES string of the molecule is CC(C)(C)c1ccc(O)c(-c2cccc(-c3cccc(-c4ccccc4O)n3)n2)c1.[Pt]. The molecule has 5 heteroatoms. The van der Waals surface area contributed by atoms with E-state index in [0.29, 0.717) is 33.9 Å². The van der Waals surface area contributed by atoms with Crippen molar-refractivity contribution in [3.63, 3.8) is 0 Å². The second kappa shape index (κ2) is 9.03. The van der Waals surface area contributed by atoms with Crippen LogP contribution in [0.4, 0.5) is 0 Å². The van der Waals surface area contributed by atoms with Gasteiger partial charge in [-0.05, 0) is 59.5 Å². The first-order chi connectivity index (χ1) is 14.3. The third kappa shape index (κ3) is 4.86. The molecule has 0 atom stereocenters. The zero-order chi connectivity index (χ0) is 21.3. The van der Waals surface area contributed by atoms with Crippen LogP contribution in [-0.4, -0.2) is 20.2 Å². The van der Waals surface area contributed by atoms with E-state index in [1.807, 2.05) is 60.7 Å². The summed E-state index contributed by atoms with van der Waals surface area (Å²) in [4.78, 5) is 9.47. The van der Waals surface area contributed by atoms with Gasteiger partial charge in [-0.15, -0.1) is 0 Å². The maximum atomic E-state index is 10.5. The van der Waals surface area contributed by atoms with Crippen LogP contribution in [0.5, 0.6) is 11.5 Å². The van der Waals surface area contributed by atoms with Crippen LogP contribution in [0, 0.1) is 0 Å². The summed E-state index contributed by atoms with van der Waals surface area (Å²) in [5.41, 5.74) is 5.22. The fourth-order valence-corrected chi connectivity index (χ4v) is 3.35. The summed E-state index contributed by atoms with van der Waals surface area (Å²) in [5, 5.41) is 20.6. The van der Waals surface area contributed by atoms with Gasteiger partial charge < -0.3 is 10.2 Å². The molecular weight excluding hydrogens is 567 g/mol. The fourth-order valence-electron chi connectivity index (χ4n) is 3.35. The van der Waals surface area contributed by atoms with Gasteiger partial charge in [0.25, 0.3) is 0 Å². The summed E-state index contributed by atoms with van der Waals surface area (Å²) in [7, 11) is 0. The van der Waals surface area contributed by atoms with Crippen molar-refractivity contribution < 1.29 is 31.3 Å². The van der Waals surface area contributed by atoms with Crippen molar-refractivity contribution in [3.8, 4) is 45.4 Å². The van der Waals surface area contributed by atoms with E-state index in [1.165, 1.54) is 0 Å². The molecule has 4 nitrogen and oxygen atoms in total. The number of aromatic hydroxyl groups is 2. The van der Waals surface area contributed by atoms with Crippen LogP contribution in [0.2, 0.25) is 0 Å². The van der Waals surface area contributed by atoms with Crippen LogP contribution >= 0.6 is 0 Å². The summed E-state index contributed by atoms with van der Waals surface area (Å²) in [6, 6.07) is 24.1. The Kier molecular flexibility index (Phi) is 6.62. The van der Waals surface area contributed by atoms with E-state index in [2.05, 4.69) is 20.8 Å². The molecule has 2 aromatic carbocycles. The van der Waals surface area contributed by atoms with Gasteiger partial charge in [0.15, 0.2) is 0 Å². The quantitative estimate of drug-likeness (QED) is 0.299. The predicted octanol–water partition coefficient (Wildman–Crippen LogP) is 6.18. The van der Waals surface area contributed by atoms with E-state index in [4.69, 9.17) is 9.97 Å². The van der Waals surface area contributed by atoms with E-state index in [1.54, 1.807) is 18.2 Å². The summed E-state index contributed by atoms with van der Waals surface area (Å²) < 4.78 is 0. The van der Waals surface area contributed by atoms with Gasteiger partial charge in [-0.3, -0.25) is 0 Å². The van der Waals surface area contributed by atoms with Gasteiger partial charge in [-0.25, -0.2) is 9.97 Å². The van der Waals surface area contributed by atoms with Crippen molar-refractivity contribution in [3.05, 3.63) is 84.4 Å². The molecule has 0 fully saturated rings. The number of hydrogen-bond donors (Lipinski definition) is 2. The van der Waals surface area contributed by atoms with Gasteiger partial charge in [-0.2, -0.15) is 0 Å². The van der Waals surface area contributed by atoms with Gasteiger partial charge in [0.05, 0.1) is 22.8 Å². The molecule has 160 valence electrons. The zero-order valence-corrected chi connectivity index (χ0v) is 19.9. The van der Waals surface area contributed by atoms with Gasteiger partial charge >= 0.3 is 0 Å². The van der Waals surface area contributed by atoms with Crippen LogP contribution in [0.25, 0.3) is 33.9 Å². The summed E-state index contributed by atoms with van der Waals surface area (Å²) >= 11 is 0. The second-order valence-corrected chi connectivity index (χ2v) is 8.32. The monoisotopic (exact) mass is 591 g/mol. The van der Waals surface area contributed by atoms with Crippen LogP contribution < -0.4 is 0 Å². The Hall–Kier alpha value is -2.97. The Morgan fingerprint density at radius 1 is 0.581 bits per heavy atom. The summed E-state index contributed by atoms with van der Waals surface area (Å²) in [5.74, 6) is 0.386. The summed E-state index contributed by atoms with van der Waals surface area (Å²) in [6.45, 7) is 6.42. The van der Waals surface area contributed by atoms with E-state index in [9.17, 15) is 10.2 Å². The second-order valence-electron chi connectivity index (χ2n) is 8.32. The maximum Gasteiger partial charge on any atom is 0.124 e. The standard InChI is InChI=1S/C26H24N2O2.Pt/c1-26(2,3)17-14-15-25(30)19(16-17)21-10-7-12-23(28-21)22-11-6-9-20(27-22)18-8-4-5-13-24(18)29;/h4-16,29-30H,1-3H3;. The number of phenols is 2. The minimum absolute atomic E-state index is 0. The average molecular weight is 592 g/mol. The van der Waals surface area contributed by atoms with Gasteiger partial charge in [0.2, 0.25) is 0 Å². The average Bonchev–Trinajstić information content (AvgIpc) is 2.74. The van der Waals surface area contributed by atoms with E-state index < -0.39 is 0 Å². The number of para-hydroxylation sites is 1. The molecule has 4 aromatic rings. The largest absolute Gasteiger partial charge is 0.507 e. The minimum atomic E-state index is -0.0341. The van der Waals surface area contributed by atoms with Gasteiger partial charge in [-0.1, -0.05) is 51.1 Å². The van der Waals surface area contributed by atoms with Crippen LogP contribution in [-0.2, 0) is 26.5 Å². The fraction of sp³-hybridized carbons (Fsp3) is 0.154. The van der Waals surface area contributed by atoms with Crippen LogP contribution in [0.1, 0.15) is 26.3 Å². The van der Waals surface area contributed by atoms with Crippen molar-refractivity contribution in [2.45, 2.75) is 26.2 Å². The predicted molar refractivity (Wildman–Crippen MR) is 120 cm³/mol. The van der Waals surface area contributed by atoms with Crippen LogP contribution in [0.3, 0.4) is 0 Å². The Morgan fingerprint density at radius 2 is 1.10 bits per heavy atom. The number of benzene rings is 2. The van der Waals surface area contributed by atoms with Crippen molar-refractivity contribution >= 4 is 0 Å². The first-order valence-corrected chi connectivity index (χ1v) is 9.90. The number of hydrogen-bond acceptors (Lipinski definition) is 4. The first kappa shape index (κ1) is 22.7. The third-order valence-corrected chi connectivity index (χ3v) is 5.08. The number of phenolic OH excluding ortho intramolecular Hbond substituents is 2. The number of aromatic nitrogens is 2. The van der Waals surface area contributed by atoms with Crippen molar-refractivity contribution in [1.82, 2.24) is 9.97 Å². The topological polar surface area (TPSA) is 66.2 Å². The van der Waals surface area contributed by atoms with Crippen molar-refractivity contribution in [2.75, 3.05) is 0 Å². The van der Waals surface area contributed by atoms with Gasteiger partial charge in [0, 0.05) is 32.2 Å². The molecule has 2 N–H and O–H groups in total. The molecule has 0 radical (unpaired) electrons. The molecule has 0 saturated heterocycles. The molecule has 0 saturated carbocycles. The maximum absolute atomic E-state index is 10.5. The number of rotatable bonds is 3. The molecule has 0 aliphatic rings. The first-order valence-electron chi connectivity index (χ1n) is 9.90. The minimum Gasteiger partial charge on any atom is -0.507 e. The molecule has 0 aliphatic heterocycles. The van der Waals surface area contributed by atoms with Crippen molar-refractivity contribution in [1.29, 1.82) is 0 Å². The normalized spacial score (nSPS) is 11.1.